The maximum atomic E-state index is 13.4. The predicted molar refractivity (Wildman–Crippen MR) is 88.0 cm³/mol. The fourth-order valence-corrected chi connectivity index (χ4v) is 2.43. The average molecular weight is 346 g/mol. The van der Waals surface area contributed by atoms with Gasteiger partial charge in [-0.1, -0.05) is 12.1 Å². The number of aromatic nitrogens is 2. The largest absolute Gasteiger partial charge is 0.352 e. The number of amides is 2. The van der Waals surface area contributed by atoms with E-state index in [0.717, 1.165) is 12.4 Å². The van der Waals surface area contributed by atoms with Gasteiger partial charge in [0.25, 0.3) is 0 Å². The Morgan fingerprint density at radius 1 is 1.20 bits per heavy atom. The highest BCUT2D eigenvalue weighted by Gasteiger charge is 2.28. The molecule has 130 valence electrons. The van der Waals surface area contributed by atoms with Gasteiger partial charge in [0.05, 0.1) is 18.4 Å². The van der Waals surface area contributed by atoms with E-state index in [0.29, 0.717) is 25.1 Å². The molecule has 7 nitrogen and oxygen atoms in total. The Hall–Kier alpha value is -3.10. The van der Waals surface area contributed by atoms with Crippen LogP contribution in [0.1, 0.15) is 18.0 Å². The second-order valence-electron chi connectivity index (χ2n) is 5.33. The molecule has 0 spiro atoms. The van der Waals surface area contributed by atoms with Gasteiger partial charge in [-0.15, -0.1) is 0 Å². The summed E-state index contributed by atoms with van der Waals surface area (Å²) in [6.45, 7) is 0.654. The number of carbonyl (C=O) groups is 1. The first kappa shape index (κ1) is 16.7. The van der Waals surface area contributed by atoms with E-state index < -0.39 is 5.82 Å². The summed E-state index contributed by atoms with van der Waals surface area (Å²) in [6.07, 6.45) is 4.26. The van der Waals surface area contributed by atoms with E-state index in [1.165, 1.54) is 17.1 Å². The molecule has 1 aliphatic heterocycles. The maximum Gasteiger partial charge on any atom is 0.338 e. The first-order chi connectivity index (χ1) is 12.1. The molecular formula is C16H16F2N6O. The van der Waals surface area contributed by atoms with Crippen LogP contribution in [0.25, 0.3) is 0 Å². The lowest BCUT2D eigenvalue weighted by molar-refractivity contribution is 0.186. The third kappa shape index (κ3) is 4.25. The Morgan fingerprint density at radius 2 is 2.00 bits per heavy atom. The molecule has 1 aliphatic rings. The fourth-order valence-electron chi connectivity index (χ4n) is 2.43. The summed E-state index contributed by atoms with van der Waals surface area (Å²) in [4.78, 5) is 19.8. The third-order valence-corrected chi connectivity index (χ3v) is 3.58. The summed E-state index contributed by atoms with van der Waals surface area (Å²) >= 11 is 0. The van der Waals surface area contributed by atoms with Gasteiger partial charge in [0.15, 0.2) is 5.82 Å². The van der Waals surface area contributed by atoms with Crippen LogP contribution in [-0.4, -0.2) is 40.3 Å². The number of urea groups is 1. The van der Waals surface area contributed by atoms with E-state index in [1.54, 1.807) is 18.3 Å². The molecule has 1 unspecified atom stereocenters. The number of carbonyl (C=O) groups excluding carboxylic acids is 1. The molecule has 0 aliphatic carbocycles. The summed E-state index contributed by atoms with van der Waals surface area (Å²) < 4.78 is 26.1. The maximum absolute atomic E-state index is 13.4. The van der Waals surface area contributed by atoms with Crippen molar-refractivity contribution in [1.82, 2.24) is 20.3 Å². The Bertz CT molecular complexity index is 767. The molecule has 2 aromatic rings. The Balaban J connectivity index is 1.50. The molecule has 2 amide bonds. The third-order valence-electron chi connectivity index (χ3n) is 3.58. The molecule has 1 aromatic carbocycles. The lowest BCUT2D eigenvalue weighted by Crippen LogP contribution is -2.39. The van der Waals surface area contributed by atoms with Crippen molar-refractivity contribution < 1.29 is 13.6 Å². The minimum atomic E-state index is -0.519. The summed E-state index contributed by atoms with van der Waals surface area (Å²) in [7, 11) is 0. The van der Waals surface area contributed by atoms with Gasteiger partial charge in [-0.2, -0.15) is 5.10 Å². The zero-order chi connectivity index (χ0) is 17.6. The monoisotopic (exact) mass is 346 g/mol. The number of halogens is 2. The lowest BCUT2D eigenvalue weighted by atomic mass is 10.0. The van der Waals surface area contributed by atoms with E-state index in [4.69, 9.17) is 0 Å². The number of hydrazone groups is 1. The topological polar surface area (TPSA) is 82.5 Å². The molecule has 9 heteroatoms. The summed E-state index contributed by atoms with van der Waals surface area (Å²) in [5, 5.41) is 10.9. The number of hydrogen-bond donors (Lipinski definition) is 2. The van der Waals surface area contributed by atoms with Gasteiger partial charge in [-0.25, -0.2) is 28.6 Å². The molecule has 0 radical (unpaired) electrons. The molecule has 1 atom stereocenters. The quantitative estimate of drug-likeness (QED) is 0.814. The molecule has 3 rings (SSSR count). The molecular weight excluding hydrogens is 330 g/mol. The highest BCUT2D eigenvalue weighted by molar-refractivity contribution is 5.78. The first-order valence-corrected chi connectivity index (χ1v) is 7.70. The van der Waals surface area contributed by atoms with Crippen molar-refractivity contribution in [1.29, 1.82) is 0 Å². The van der Waals surface area contributed by atoms with Crippen molar-refractivity contribution in [3.8, 4) is 0 Å². The number of benzene rings is 1. The minimum Gasteiger partial charge on any atom is -0.352 e. The van der Waals surface area contributed by atoms with Crippen LogP contribution in [0.4, 0.5) is 19.5 Å². The van der Waals surface area contributed by atoms with Crippen molar-refractivity contribution >= 4 is 18.2 Å². The Kier molecular flexibility index (Phi) is 5.12. The predicted octanol–water partition coefficient (Wildman–Crippen LogP) is 2.31. The van der Waals surface area contributed by atoms with Crippen LogP contribution in [0.2, 0.25) is 0 Å². The van der Waals surface area contributed by atoms with Gasteiger partial charge in [0, 0.05) is 25.7 Å². The first-order valence-electron chi connectivity index (χ1n) is 7.70. The standard InChI is InChI=1S/C16H16F2N6O/c17-12-3-1-2-11(8-12)14-4-5-23-24(14)16(25)20-7-6-19-15-21-9-13(18)10-22-15/h1-3,5,8-10,14H,4,6-7H2,(H,20,25)(H,19,21,22). The zero-order valence-electron chi connectivity index (χ0n) is 13.2. The molecule has 0 bridgehead atoms. The van der Waals surface area contributed by atoms with Crippen molar-refractivity contribution in [3.63, 3.8) is 0 Å². The van der Waals surface area contributed by atoms with Crippen LogP contribution in [0.5, 0.6) is 0 Å². The van der Waals surface area contributed by atoms with Gasteiger partial charge >= 0.3 is 6.03 Å². The van der Waals surface area contributed by atoms with Gasteiger partial charge in [-0.05, 0) is 17.7 Å². The number of hydrogen-bond acceptors (Lipinski definition) is 5. The molecule has 0 saturated carbocycles. The smallest absolute Gasteiger partial charge is 0.338 e. The van der Waals surface area contributed by atoms with E-state index in [2.05, 4.69) is 25.7 Å². The highest BCUT2D eigenvalue weighted by Crippen LogP contribution is 2.28. The van der Waals surface area contributed by atoms with Crippen LogP contribution in [-0.2, 0) is 0 Å². The zero-order valence-corrected chi connectivity index (χ0v) is 13.2. The number of nitrogens with zero attached hydrogens (tertiary/aromatic N) is 4. The minimum absolute atomic E-state index is 0.271. The molecule has 2 N–H and O–H groups in total. The van der Waals surface area contributed by atoms with Crippen molar-refractivity contribution in [2.24, 2.45) is 5.10 Å². The van der Waals surface area contributed by atoms with Crippen molar-refractivity contribution in [2.75, 3.05) is 18.4 Å². The molecule has 2 heterocycles. The number of rotatable bonds is 5. The van der Waals surface area contributed by atoms with Crippen LogP contribution >= 0.6 is 0 Å². The van der Waals surface area contributed by atoms with Crippen molar-refractivity contribution in [2.45, 2.75) is 12.5 Å². The number of anilines is 1. The number of nitrogens with one attached hydrogen (secondary N) is 2. The Labute approximate surface area is 142 Å². The average Bonchev–Trinajstić information content (AvgIpc) is 3.10. The van der Waals surface area contributed by atoms with E-state index in [9.17, 15) is 13.6 Å². The van der Waals surface area contributed by atoms with Crippen LogP contribution < -0.4 is 10.6 Å². The van der Waals surface area contributed by atoms with Gasteiger partial charge in [0.2, 0.25) is 5.95 Å². The van der Waals surface area contributed by atoms with Crippen LogP contribution in [0, 0.1) is 11.6 Å². The SMILES string of the molecule is O=C(NCCNc1ncc(F)cn1)N1N=CCC1c1cccc(F)c1. The summed E-state index contributed by atoms with van der Waals surface area (Å²) in [6, 6.07) is 5.40. The fraction of sp³-hybridized carbons (Fsp3) is 0.250. The Morgan fingerprint density at radius 3 is 2.76 bits per heavy atom. The molecule has 0 saturated heterocycles. The molecule has 1 aromatic heterocycles. The van der Waals surface area contributed by atoms with Crippen LogP contribution in [0.15, 0.2) is 41.8 Å². The van der Waals surface area contributed by atoms with Crippen molar-refractivity contribution in [3.05, 3.63) is 53.9 Å². The van der Waals surface area contributed by atoms with E-state index in [1.807, 2.05) is 0 Å². The van der Waals surface area contributed by atoms with E-state index in [-0.39, 0.29) is 23.8 Å². The van der Waals surface area contributed by atoms with E-state index >= 15 is 0 Å². The van der Waals surface area contributed by atoms with Gasteiger partial charge in [0.1, 0.15) is 5.82 Å². The normalized spacial score (nSPS) is 16.1. The van der Waals surface area contributed by atoms with Gasteiger partial charge in [-0.3, -0.25) is 0 Å². The molecule has 25 heavy (non-hydrogen) atoms. The highest BCUT2D eigenvalue weighted by atomic mass is 19.1. The summed E-state index contributed by atoms with van der Waals surface area (Å²) in [5.41, 5.74) is 0.686. The lowest BCUT2D eigenvalue weighted by Gasteiger charge is -2.22. The second kappa shape index (κ2) is 7.65. The molecule has 0 fully saturated rings. The second-order valence-corrected chi connectivity index (χ2v) is 5.33. The van der Waals surface area contributed by atoms with Crippen LogP contribution in [0.3, 0.4) is 0 Å². The van der Waals surface area contributed by atoms with Gasteiger partial charge < -0.3 is 10.6 Å². The summed E-state index contributed by atoms with van der Waals surface area (Å²) in [5.74, 6) is -0.602.